The van der Waals surface area contributed by atoms with Crippen molar-refractivity contribution in [2.75, 3.05) is 6.54 Å². The maximum absolute atomic E-state index is 12.5. The molecule has 0 saturated heterocycles. The Morgan fingerprint density at radius 1 is 0.750 bits per heavy atom. The largest absolute Gasteiger partial charge is 0.311 e. The first kappa shape index (κ1) is 18.1. The molecule has 2 heterocycles. The van der Waals surface area contributed by atoms with E-state index < -0.39 is 0 Å². The first-order chi connectivity index (χ1) is 13.7. The van der Waals surface area contributed by atoms with Crippen molar-refractivity contribution < 1.29 is 9.59 Å². The molecule has 28 heavy (non-hydrogen) atoms. The maximum Gasteiger partial charge on any atom is 0.261 e. The van der Waals surface area contributed by atoms with Gasteiger partial charge in [0.05, 0.1) is 29.1 Å². The van der Waals surface area contributed by atoms with Crippen LogP contribution in [-0.4, -0.2) is 28.2 Å². The fourth-order valence-corrected chi connectivity index (χ4v) is 3.35. The Balaban J connectivity index is 1.35. The van der Waals surface area contributed by atoms with Crippen molar-refractivity contribution in [1.29, 1.82) is 0 Å². The van der Waals surface area contributed by atoms with Crippen molar-refractivity contribution in [3.05, 3.63) is 101 Å². The molecule has 2 aromatic carbocycles. The second-order valence-corrected chi connectivity index (χ2v) is 6.77. The highest BCUT2D eigenvalue weighted by molar-refractivity contribution is 6.21. The Labute approximate surface area is 164 Å². The number of amides is 2. The van der Waals surface area contributed by atoms with Crippen LogP contribution in [-0.2, 0) is 19.5 Å². The molecule has 2 amide bonds. The molecule has 0 spiro atoms. The quantitative estimate of drug-likeness (QED) is 0.512. The van der Waals surface area contributed by atoms with E-state index in [-0.39, 0.29) is 18.4 Å². The van der Waals surface area contributed by atoms with Crippen LogP contribution in [0.15, 0.2) is 72.8 Å². The minimum absolute atomic E-state index is 0.185. The lowest BCUT2D eigenvalue weighted by atomic mass is 10.1. The van der Waals surface area contributed by atoms with Gasteiger partial charge in [-0.15, -0.1) is 0 Å². The number of hydrogen-bond donors (Lipinski definition) is 1. The van der Waals surface area contributed by atoms with Gasteiger partial charge in [0, 0.05) is 6.54 Å². The van der Waals surface area contributed by atoms with Gasteiger partial charge >= 0.3 is 0 Å². The van der Waals surface area contributed by atoms with Crippen LogP contribution in [0.3, 0.4) is 0 Å². The number of fused-ring (bicyclic) bond motifs is 1. The van der Waals surface area contributed by atoms with Gasteiger partial charge in [-0.05, 0) is 42.8 Å². The number of rotatable bonds is 7. The van der Waals surface area contributed by atoms with Gasteiger partial charge in [0.2, 0.25) is 0 Å². The molecule has 4 rings (SSSR count). The summed E-state index contributed by atoms with van der Waals surface area (Å²) in [6.07, 6.45) is 0.954. The molecule has 1 aromatic heterocycles. The number of carbonyl (C=O) groups excluding carboxylic acids is 2. The van der Waals surface area contributed by atoms with Crippen LogP contribution in [0, 0.1) is 0 Å². The molecule has 1 aliphatic rings. The van der Waals surface area contributed by atoms with Crippen LogP contribution >= 0.6 is 0 Å². The zero-order valence-corrected chi connectivity index (χ0v) is 15.5. The van der Waals surface area contributed by atoms with Gasteiger partial charge in [0.1, 0.15) is 0 Å². The molecular weight excluding hydrogens is 350 g/mol. The summed E-state index contributed by atoms with van der Waals surface area (Å²) in [6, 6.07) is 22.9. The zero-order chi connectivity index (χ0) is 19.3. The Bertz CT molecular complexity index is 966. The van der Waals surface area contributed by atoms with Gasteiger partial charge in [-0.2, -0.15) is 0 Å². The number of imide groups is 1. The molecule has 0 fully saturated rings. The van der Waals surface area contributed by atoms with E-state index >= 15 is 0 Å². The third-order valence-electron chi connectivity index (χ3n) is 4.80. The third kappa shape index (κ3) is 3.85. The molecule has 5 nitrogen and oxygen atoms in total. The lowest BCUT2D eigenvalue weighted by Crippen LogP contribution is -2.29. The van der Waals surface area contributed by atoms with E-state index in [2.05, 4.69) is 22.4 Å². The van der Waals surface area contributed by atoms with Crippen LogP contribution in [0.5, 0.6) is 0 Å². The average Bonchev–Trinajstić information content (AvgIpc) is 2.98. The number of carbonyl (C=O) groups is 2. The molecule has 0 atom stereocenters. The molecule has 0 bridgehead atoms. The second-order valence-electron chi connectivity index (χ2n) is 6.77. The summed E-state index contributed by atoms with van der Waals surface area (Å²) in [5.74, 6) is -0.512. The van der Waals surface area contributed by atoms with Gasteiger partial charge in [-0.3, -0.25) is 19.5 Å². The lowest BCUT2D eigenvalue weighted by Gasteiger charge is -2.14. The van der Waals surface area contributed by atoms with Gasteiger partial charge in [-0.25, -0.2) is 0 Å². The number of hydrogen-bond acceptors (Lipinski definition) is 4. The second kappa shape index (κ2) is 8.15. The first-order valence-electron chi connectivity index (χ1n) is 9.37. The molecule has 140 valence electrons. The van der Waals surface area contributed by atoms with E-state index in [1.165, 1.54) is 10.5 Å². The fourth-order valence-electron chi connectivity index (χ4n) is 3.35. The van der Waals surface area contributed by atoms with Crippen molar-refractivity contribution in [2.24, 2.45) is 0 Å². The van der Waals surface area contributed by atoms with Crippen LogP contribution in [0.2, 0.25) is 0 Å². The number of nitrogens with one attached hydrogen (secondary N) is 1. The van der Waals surface area contributed by atoms with Crippen LogP contribution in [0.1, 0.15) is 37.7 Å². The summed E-state index contributed by atoms with van der Waals surface area (Å²) < 4.78 is 0. The maximum atomic E-state index is 12.5. The van der Waals surface area contributed by atoms with E-state index in [4.69, 9.17) is 0 Å². The predicted molar refractivity (Wildman–Crippen MR) is 107 cm³/mol. The first-order valence-corrected chi connectivity index (χ1v) is 9.37. The van der Waals surface area contributed by atoms with Crippen molar-refractivity contribution in [3.63, 3.8) is 0 Å². The Morgan fingerprint density at radius 2 is 1.39 bits per heavy atom. The Kier molecular flexibility index (Phi) is 5.26. The smallest absolute Gasteiger partial charge is 0.261 e. The molecule has 5 heteroatoms. The molecule has 0 saturated carbocycles. The molecular formula is C23H21N3O2. The Hall–Kier alpha value is -3.31. The normalized spacial score (nSPS) is 13.1. The summed E-state index contributed by atoms with van der Waals surface area (Å²) >= 11 is 0. The van der Waals surface area contributed by atoms with Crippen LogP contribution in [0.25, 0.3) is 0 Å². The van der Waals surface area contributed by atoms with Gasteiger partial charge in [0.15, 0.2) is 0 Å². The summed E-state index contributed by atoms with van der Waals surface area (Å²) in [5, 5.41) is 3.39. The van der Waals surface area contributed by atoms with Crippen molar-refractivity contribution >= 4 is 11.8 Å². The van der Waals surface area contributed by atoms with Crippen molar-refractivity contribution in [1.82, 2.24) is 15.2 Å². The summed E-state index contributed by atoms with van der Waals surface area (Å²) in [7, 11) is 0. The van der Waals surface area contributed by atoms with Crippen LogP contribution < -0.4 is 5.32 Å². The molecule has 0 unspecified atom stereocenters. The number of nitrogens with zero attached hydrogens (tertiary/aromatic N) is 2. The van der Waals surface area contributed by atoms with Gasteiger partial charge in [-0.1, -0.05) is 48.5 Å². The Morgan fingerprint density at radius 3 is 2.11 bits per heavy atom. The highest BCUT2D eigenvalue weighted by atomic mass is 16.2. The van der Waals surface area contributed by atoms with E-state index in [0.717, 1.165) is 18.7 Å². The van der Waals surface area contributed by atoms with Crippen molar-refractivity contribution in [3.8, 4) is 0 Å². The lowest BCUT2D eigenvalue weighted by molar-refractivity contribution is 0.0640. The summed E-state index contributed by atoms with van der Waals surface area (Å²) in [6.45, 7) is 1.68. The van der Waals surface area contributed by atoms with Crippen molar-refractivity contribution in [2.45, 2.75) is 19.5 Å². The summed E-state index contributed by atoms with van der Waals surface area (Å²) in [5.41, 5.74) is 3.82. The van der Waals surface area contributed by atoms with E-state index in [0.29, 0.717) is 23.4 Å². The number of aromatic nitrogens is 1. The zero-order valence-electron chi connectivity index (χ0n) is 15.5. The van der Waals surface area contributed by atoms with Gasteiger partial charge < -0.3 is 5.32 Å². The average molecular weight is 371 g/mol. The number of benzene rings is 2. The van der Waals surface area contributed by atoms with E-state index in [1.54, 1.807) is 24.3 Å². The predicted octanol–water partition coefficient (Wildman–Crippen LogP) is 3.21. The van der Waals surface area contributed by atoms with Gasteiger partial charge in [0.25, 0.3) is 11.8 Å². The molecule has 0 radical (unpaired) electrons. The highest BCUT2D eigenvalue weighted by Crippen LogP contribution is 2.23. The fraction of sp³-hybridized carbons (Fsp3) is 0.174. The number of pyridine rings is 1. The topological polar surface area (TPSA) is 62.3 Å². The van der Waals surface area contributed by atoms with E-state index in [9.17, 15) is 9.59 Å². The highest BCUT2D eigenvalue weighted by Gasteiger charge is 2.35. The van der Waals surface area contributed by atoms with E-state index in [1.807, 2.05) is 36.4 Å². The molecule has 1 N–H and O–H groups in total. The van der Waals surface area contributed by atoms with Crippen LogP contribution in [0.4, 0.5) is 0 Å². The minimum atomic E-state index is -0.256. The minimum Gasteiger partial charge on any atom is -0.311 e. The summed E-state index contributed by atoms with van der Waals surface area (Å²) in [4.78, 5) is 30.9. The molecule has 3 aromatic rings. The standard InChI is InChI=1S/C23H21N3O2/c27-22-20-11-4-5-12-21(20)23(28)26(22)16-19-10-6-9-18(25-19)15-24-14-13-17-7-2-1-3-8-17/h1-12,24H,13-16H2. The molecule has 1 aliphatic heterocycles. The monoisotopic (exact) mass is 371 g/mol. The SMILES string of the molecule is O=C1c2ccccc2C(=O)N1Cc1cccc(CNCCc2ccccc2)n1. The third-order valence-corrected chi connectivity index (χ3v) is 4.80. The molecule has 0 aliphatic carbocycles.